The number of nitrogens with two attached hydrogens (primary N) is 1. The Kier molecular flexibility index (Phi) is 10.3. The smallest absolute Gasteiger partial charge is 0.362 e. The van der Waals surface area contributed by atoms with Gasteiger partial charge in [0.15, 0.2) is 16.3 Å². The number of anilines is 1. The number of nitrogens with one attached hydrogen (secondary N) is 3. The van der Waals surface area contributed by atoms with Gasteiger partial charge in [0, 0.05) is 30.5 Å². The summed E-state index contributed by atoms with van der Waals surface area (Å²) < 4.78 is 33.4. The maximum Gasteiger partial charge on any atom is 0.362 e. The second kappa shape index (κ2) is 13.6. The SMILES string of the molecule is CC(C)C[C@H](ON=C(C(=O)N[C@@H]1C(=O)N(S(=O)(=O)O)[C@H]1CNC(=O)NCc1cc(=O)cc(O)n1O)c1csc(N)n1)C(=O)O. The van der Waals surface area contributed by atoms with Crippen LogP contribution in [0.4, 0.5) is 9.93 Å². The minimum atomic E-state index is -5.15. The van der Waals surface area contributed by atoms with Crippen LogP contribution in [-0.2, 0) is 36.1 Å². The first-order valence-electron chi connectivity index (χ1n) is 12.4. The van der Waals surface area contributed by atoms with Gasteiger partial charge in [-0.25, -0.2) is 18.9 Å². The molecule has 20 nitrogen and oxygen atoms in total. The third-order valence-corrected chi connectivity index (χ3v) is 7.51. The van der Waals surface area contributed by atoms with Crippen LogP contribution < -0.4 is 27.1 Å². The Balaban J connectivity index is 1.77. The Morgan fingerprint density at radius 2 is 1.91 bits per heavy atom. The molecule has 240 valence electrons. The number of oxime groups is 1. The van der Waals surface area contributed by atoms with Crippen molar-refractivity contribution in [2.75, 3.05) is 12.3 Å². The van der Waals surface area contributed by atoms with Gasteiger partial charge in [0.05, 0.1) is 18.3 Å². The molecule has 22 heteroatoms. The molecule has 0 radical (unpaired) electrons. The summed E-state index contributed by atoms with van der Waals surface area (Å²) in [5.41, 5.74) is 3.98. The van der Waals surface area contributed by atoms with Gasteiger partial charge in [-0.15, -0.1) is 11.3 Å². The van der Waals surface area contributed by atoms with Crippen LogP contribution in [0, 0.1) is 5.92 Å². The Hall–Kier alpha value is -4.96. The molecule has 3 rings (SSSR count). The number of nitrogens with zero attached hydrogens (tertiary/aromatic N) is 4. The predicted octanol–water partition coefficient (Wildman–Crippen LogP) is -1.95. The van der Waals surface area contributed by atoms with Crippen LogP contribution in [0.3, 0.4) is 0 Å². The van der Waals surface area contributed by atoms with Crippen molar-refractivity contribution < 1.29 is 52.4 Å². The quantitative estimate of drug-likeness (QED) is 0.0381. The third kappa shape index (κ3) is 8.11. The molecule has 2 aromatic rings. The third-order valence-electron chi connectivity index (χ3n) is 5.89. The highest BCUT2D eigenvalue weighted by atomic mass is 32.2. The molecule has 3 atom stereocenters. The maximum absolute atomic E-state index is 13.2. The van der Waals surface area contributed by atoms with Gasteiger partial charge in [0.2, 0.25) is 12.0 Å². The highest BCUT2D eigenvalue weighted by Gasteiger charge is 2.54. The summed E-state index contributed by atoms with van der Waals surface area (Å²) in [6.07, 6.45) is -1.43. The first-order chi connectivity index (χ1) is 20.5. The molecule has 0 saturated carbocycles. The fraction of sp³-hybridized carbons (Fsp3) is 0.409. The minimum absolute atomic E-state index is 0.00623. The van der Waals surface area contributed by atoms with Crippen LogP contribution in [-0.4, -0.2) is 96.7 Å². The van der Waals surface area contributed by atoms with E-state index < -0.39 is 82.4 Å². The van der Waals surface area contributed by atoms with Crippen molar-refractivity contribution >= 4 is 56.3 Å². The van der Waals surface area contributed by atoms with Crippen LogP contribution in [0.5, 0.6) is 5.88 Å². The van der Waals surface area contributed by atoms with Gasteiger partial charge < -0.3 is 41.9 Å². The second-order valence-corrected chi connectivity index (χ2v) is 11.8. The molecule has 2 aromatic heterocycles. The first kappa shape index (κ1) is 33.5. The van der Waals surface area contributed by atoms with E-state index in [2.05, 4.69) is 26.1 Å². The number of carbonyl (C=O) groups excluding carboxylic acids is 3. The van der Waals surface area contributed by atoms with Gasteiger partial charge >= 0.3 is 22.3 Å². The molecule has 0 spiro atoms. The standard InChI is InChI=1S/C22H28N8O12S2/c1-9(2)3-14(20(35)36)42-28-16(12-8-43-21(23)26-12)18(33)27-17-13(30(19(17)34)44(39,40)41)7-25-22(37)24-6-10-4-11(31)5-15(32)29(10)38/h4-5,8-9,13-14,17,32,38H,3,6-7H2,1-2H3,(H2,23,26)(H,27,33)(H,35,36)(H2,24,25,37)(H,39,40,41)/t13-,14-,17-/m0/s1. The summed E-state index contributed by atoms with van der Waals surface area (Å²) >= 11 is 0.905. The van der Waals surface area contributed by atoms with E-state index in [0.717, 1.165) is 23.5 Å². The summed E-state index contributed by atoms with van der Waals surface area (Å²) in [5, 5.41) is 40.3. The first-order valence-corrected chi connectivity index (χ1v) is 14.7. The van der Waals surface area contributed by atoms with Gasteiger partial charge in [0.1, 0.15) is 11.7 Å². The van der Waals surface area contributed by atoms with Gasteiger partial charge in [-0.05, 0) is 5.92 Å². The lowest BCUT2D eigenvalue weighted by Crippen LogP contribution is -2.74. The topological polar surface area (TPSA) is 305 Å². The van der Waals surface area contributed by atoms with E-state index in [1.54, 1.807) is 13.8 Å². The molecule has 1 aliphatic rings. The van der Waals surface area contributed by atoms with Crippen LogP contribution in [0.1, 0.15) is 31.7 Å². The number of carboxylic acid groups (broad SMARTS) is 1. The minimum Gasteiger partial charge on any atom is -0.492 e. The number of carboxylic acids is 1. The van der Waals surface area contributed by atoms with Crippen molar-refractivity contribution in [3.05, 3.63) is 39.1 Å². The molecular weight excluding hydrogens is 632 g/mol. The highest BCUT2D eigenvalue weighted by molar-refractivity contribution is 7.84. The lowest BCUT2D eigenvalue weighted by molar-refractivity contribution is -0.151. The number of urea groups is 1. The number of carbonyl (C=O) groups is 4. The Morgan fingerprint density at radius 3 is 2.48 bits per heavy atom. The number of hydrogen-bond donors (Lipinski definition) is 8. The lowest BCUT2D eigenvalue weighted by atomic mass is 9.98. The van der Waals surface area contributed by atoms with Crippen molar-refractivity contribution in [2.24, 2.45) is 11.1 Å². The summed E-state index contributed by atoms with van der Waals surface area (Å²) in [6.45, 7) is 2.32. The van der Waals surface area contributed by atoms with E-state index in [-0.39, 0.29) is 37.9 Å². The largest absolute Gasteiger partial charge is 0.492 e. The lowest BCUT2D eigenvalue weighted by Gasteiger charge is -2.44. The van der Waals surface area contributed by atoms with Crippen molar-refractivity contribution in [1.29, 1.82) is 0 Å². The molecule has 1 aliphatic heterocycles. The summed E-state index contributed by atoms with van der Waals surface area (Å²) in [7, 11) is -5.15. The molecule has 44 heavy (non-hydrogen) atoms. The second-order valence-electron chi connectivity index (χ2n) is 9.62. The fourth-order valence-electron chi connectivity index (χ4n) is 3.86. The van der Waals surface area contributed by atoms with E-state index >= 15 is 0 Å². The van der Waals surface area contributed by atoms with Crippen LogP contribution in [0.2, 0.25) is 0 Å². The number of aliphatic carboxylic acids is 1. The Labute approximate surface area is 252 Å². The number of rotatable bonds is 13. The van der Waals surface area contributed by atoms with E-state index in [4.69, 9.17) is 10.6 Å². The normalized spacial score (nSPS) is 17.5. The van der Waals surface area contributed by atoms with E-state index in [0.29, 0.717) is 0 Å². The van der Waals surface area contributed by atoms with Crippen molar-refractivity contribution in [3.63, 3.8) is 0 Å². The molecule has 0 bridgehead atoms. The predicted molar refractivity (Wildman–Crippen MR) is 149 cm³/mol. The summed E-state index contributed by atoms with van der Waals surface area (Å²) in [6, 6.07) is -2.57. The van der Waals surface area contributed by atoms with Crippen molar-refractivity contribution in [3.8, 4) is 5.88 Å². The van der Waals surface area contributed by atoms with E-state index in [9.17, 15) is 52.4 Å². The number of aromatic hydroxyl groups is 1. The fourth-order valence-corrected chi connectivity index (χ4v) is 5.29. The molecule has 0 unspecified atom stereocenters. The van der Waals surface area contributed by atoms with Crippen LogP contribution in [0.25, 0.3) is 0 Å². The zero-order valence-corrected chi connectivity index (χ0v) is 24.5. The molecule has 4 amide bonds. The van der Waals surface area contributed by atoms with Crippen LogP contribution >= 0.6 is 11.3 Å². The zero-order chi connectivity index (χ0) is 32.9. The zero-order valence-electron chi connectivity index (χ0n) is 22.9. The number of hydrogen-bond acceptors (Lipinski definition) is 14. The molecular formula is C22H28N8O12S2. The van der Waals surface area contributed by atoms with E-state index in [1.807, 2.05) is 0 Å². The number of β-lactam (4-membered cyclic amide) rings is 1. The monoisotopic (exact) mass is 660 g/mol. The van der Waals surface area contributed by atoms with E-state index in [1.165, 1.54) is 5.38 Å². The Bertz CT molecular complexity index is 1640. The van der Waals surface area contributed by atoms with Gasteiger partial charge in [-0.3, -0.25) is 18.9 Å². The average molecular weight is 661 g/mol. The number of amides is 4. The number of pyridine rings is 1. The van der Waals surface area contributed by atoms with Gasteiger partial charge in [-0.1, -0.05) is 19.0 Å². The molecule has 0 aliphatic carbocycles. The Morgan fingerprint density at radius 1 is 1.23 bits per heavy atom. The number of thiazole rings is 1. The molecule has 0 aromatic carbocycles. The van der Waals surface area contributed by atoms with Crippen molar-refractivity contribution in [1.82, 2.24) is 30.0 Å². The summed E-state index contributed by atoms with van der Waals surface area (Å²) in [5.74, 6) is -4.72. The number of nitrogen functional groups attached to an aromatic ring is 1. The van der Waals surface area contributed by atoms with Gasteiger partial charge in [-0.2, -0.15) is 13.1 Å². The summed E-state index contributed by atoms with van der Waals surface area (Å²) in [4.78, 5) is 70.2. The maximum atomic E-state index is 13.2. The molecule has 1 saturated heterocycles. The van der Waals surface area contributed by atoms with Crippen LogP contribution in [0.15, 0.2) is 27.5 Å². The molecule has 3 heterocycles. The van der Waals surface area contributed by atoms with Gasteiger partial charge in [0.25, 0.3) is 11.8 Å². The molecule has 1 fully saturated rings. The van der Waals surface area contributed by atoms with Crippen molar-refractivity contribution in [2.45, 2.75) is 45.0 Å². The number of aromatic nitrogens is 2. The average Bonchev–Trinajstić information content (AvgIpc) is 3.34. The molecule has 9 N–H and O–H groups in total. The highest BCUT2D eigenvalue weighted by Crippen LogP contribution is 2.24.